The molecule has 1 unspecified atom stereocenters. The number of nitrogens with zero attached hydrogens (tertiary/aromatic N) is 1. The average molecular weight is 211 g/mol. The summed E-state index contributed by atoms with van der Waals surface area (Å²) in [6, 6.07) is 4.39. The van der Waals surface area contributed by atoms with Crippen LogP contribution in [0.3, 0.4) is 0 Å². The molecule has 0 aliphatic heterocycles. The lowest BCUT2D eigenvalue weighted by molar-refractivity contribution is -0.131. The van der Waals surface area contributed by atoms with Gasteiger partial charge in [-0.2, -0.15) is 0 Å². The molecule has 1 aromatic rings. The summed E-state index contributed by atoms with van der Waals surface area (Å²) in [4.78, 5) is 15.8. The van der Waals surface area contributed by atoms with Gasteiger partial charge in [0.2, 0.25) is 5.91 Å². The highest BCUT2D eigenvalue weighted by Crippen LogP contribution is 2.26. The van der Waals surface area contributed by atoms with Crippen molar-refractivity contribution in [1.82, 2.24) is 4.90 Å². The fraction of sp³-hybridized carbons (Fsp3) is 0.545. The standard InChI is InChI=1S/C11H17NOS/c1-5-11(13)12(4)9(3)10-7-6-8(2)14-10/h6-7,9H,5H2,1-4H3. The molecule has 1 atom stereocenters. The lowest BCUT2D eigenvalue weighted by Gasteiger charge is -2.23. The lowest BCUT2D eigenvalue weighted by atomic mass is 10.2. The van der Waals surface area contributed by atoms with Crippen LogP contribution in [0.15, 0.2) is 12.1 Å². The van der Waals surface area contributed by atoms with E-state index in [9.17, 15) is 4.79 Å². The van der Waals surface area contributed by atoms with E-state index in [2.05, 4.69) is 26.0 Å². The van der Waals surface area contributed by atoms with Crippen LogP contribution in [0.1, 0.15) is 36.1 Å². The smallest absolute Gasteiger partial charge is 0.222 e. The van der Waals surface area contributed by atoms with E-state index >= 15 is 0 Å². The summed E-state index contributed by atoms with van der Waals surface area (Å²) >= 11 is 1.76. The molecule has 0 aliphatic rings. The van der Waals surface area contributed by atoms with Crippen molar-refractivity contribution in [2.24, 2.45) is 0 Å². The van der Waals surface area contributed by atoms with Crippen molar-refractivity contribution in [1.29, 1.82) is 0 Å². The molecule has 2 nitrogen and oxygen atoms in total. The van der Waals surface area contributed by atoms with Crippen molar-refractivity contribution >= 4 is 17.2 Å². The van der Waals surface area contributed by atoms with Crippen LogP contribution in [0.5, 0.6) is 0 Å². The van der Waals surface area contributed by atoms with Gasteiger partial charge in [0.05, 0.1) is 6.04 Å². The van der Waals surface area contributed by atoms with Crippen LogP contribution >= 0.6 is 11.3 Å². The van der Waals surface area contributed by atoms with Crippen LogP contribution in [0.25, 0.3) is 0 Å². The molecule has 0 spiro atoms. The second-order valence-corrected chi connectivity index (χ2v) is 4.80. The number of rotatable bonds is 3. The van der Waals surface area contributed by atoms with E-state index in [4.69, 9.17) is 0 Å². The number of hydrogen-bond acceptors (Lipinski definition) is 2. The second kappa shape index (κ2) is 4.60. The molecule has 1 rings (SSSR count). The van der Waals surface area contributed by atoms with Crippen molar-refractivity contribution in [3.05, 3.63) is 21.9 Å². The fourth-order valence-electron chi connectivity index (χ4n) is 1.33. The Kier molecular flexibility index (Phi) is 3.69. The van der Waals surface area contributed by atoms with Gasteiger partial charge in [-0.1, -0.05) is 6.92 Å². The molecule has 1 amide bonds. The minimum Gasteiger partial charge on any atom is -0.338 e. The Morgan fingerprint density at radius 2 is 2.21 bits per heavy atom. The number of carbonyl (C=O) groups is 1. The van der Waals surface area contributed by atoms with Crippen molar-refractivity contribution in [3.8, 4) is 0 Å². The molecule has 3 heteroatoms. The van der Waals surface area contributed by atoms with Gasteiger partial charge in [-0.3, -0.25) is 4.79 Å². The molecule has 0 saturated heterocycles. The molecule has 14 heavy (non-hydrogen) atoms. The molecule has 1 heterocycles. The summed E-state index contributed by atoms with van der Waals surface area (Å²) in [7, 11) is 1.87. The van der Waals surface area contributed by atoms with Crippen LogP contribution in [0, 0.1) is 6.92 Å². The molecule has 0 N–H and O–H groups in total. The average Bonchev–Trinajstić information content (AvgIpc) is 2.61. The molecule has 1 aromatic heterocycles. The van der Waals surface area contributed by atoms with Crippen LogP contribution in [-0.2, 0) is 4.79 Å². The molecule has 0 saturated carbocycles. The van der Waals surface area contributed by atoms with Crippen molar-refractivity contribution < 1.29 is 4.79 Å². The van der Waals surface area contributed by atoms with E-state index in [0.717, 1.165) is 0 Å². The quantitative estimate of drug-likeness (QED) is 0.752. The minimum absolute atomic E-state index is 0.196. The van der Waals surface area contributed by atoms with E-state index in [1.165, 1.54) is 9.75 Å². The first-order chi connectivity index (χ1) is 6.56. The Labute approximate surface area is 89.5 Å². The Bertz CT molecular complexity index is 319. The predicted molar refractivity (Wildman–Crippen MR) is 60.5 cm³/mol. The third-order valence-corrected chi connectivity index (χ3v) is 3.62. The SMILES string of the molecule is CCC(=O)N(C)C(C)c1ccc(C)s1. The van der Waals surface area contributed by atoms with Crippen molar-refractivity contribution in [2.45, 2.75) is 33.2 Å². The van der Waals surface area contributed by atoms with Crippen molar-refractivity contribution in [3.63, 3.8) is 0 Å². The molecular weight excluding hydrogens is 194 g/mol. The highest BCUT2D eigenvalue weighted by Gasteiger charge is 2.16. The zero-order valence-electron chi connectivity index (χ0n) is 9.20. The molecule has 0 radical (unpaired) electrons. The number of thiophene rings is 1. The number of hydrogen-bond donors (Lipinski definition) is 0. The maximum absolute atomic E-state index is 11.5. The van der Waals surface area contributed by atoms with Gasteiger partial charge < -0.3 is 4.90 Å². The van der Waals surface area contributed by atoms with Gasteiger partial charge >= 0.3 is 0 Å². The van der Waals surface area contributed by atoms with Crippen LogP contribution < -0.4 is 0 Å². The van der Waals surface area contributed by atoms with Gasteiger partial charge in [-0.15, -0.1) is 11.3 Å². The Morgan fingerprint density at radius 1 is 1.57 bits per heavy atom. The highest BCUT2D eigenvalue weighted by atomic mass is 32.1. The summed E-state index contributed by atoms with van der Waals surface area (Å²) in [5.74, 6) is 0.198. The molecule has 0 fully saturated rings. The summed E-state index contributed by atoms with van der Waals surface area (Å²) in [5.41, 5.74) is 0. The normalized spacial score (nSPS) is 12.6. The number of aryl methyl sites for hydroxylation is 1. The van der Waals surface area contributed by atoms with Gasteiger partial charge in [-0.25, -0.2) is 0 Å². The zero-order chi connectivity index (χ0) is 10.7. The van der Waals surface area contributed by atoms with E-state index in [0.29, 0.717) is 6.42 Å². The Balaban J connectivity index is 2.74. The van der Waals surface area contributed by atoms with E-state index in [1.807, 2.05) is 18.9 Å². The first-order valence-electron chi connectivity index (χ1n) is 4.88. The van der Waals surface area contributed by atoms with Gasteiger partial charge in [0.25, 0.3) is 0 Å². The summed E-state index contributed by atoms with van der Waals surface area (Å²) in [5, 5.41) is 0. The minimum atomic E-state index is 0.196. The highest BCUT2D eigenvalue weighted by molar-refractivity contribution is 7.12. The van der Waals surface area contributed by atoms with Gasteiger partial charge in [0.15, 0.2) is 0 Å². The van der Waals surface area contributed by atoms with E-state index in [-0.39, 0.29) is 11.9 Å². The van der Waals surface area contributed by atoms with Crippen molar-refractivity contribution in [2.75, 3.05) is 7.05 Å². The molecule has 0 bridgehead atoms. The van der Waals surface area contributed by atoms with Crippen LogP contribution in [-0.4, -0.2) is 17.9 Å². The Hall–Kier alpha value is -0.830. The maximum Gasteiger partial charge on any atom is 0.222 e. The largest absolute Gasteiger partial charge is 0.338 e. The lowest BCUT2D eigenvalue weighted by Crippen LogP contribution is -2.28. The zero-order valence-corrected chi connectivity index (χ0v) is 10.0. The molecule has 78 valence electrons. The summed E-state index contributed by atoms with van der Waals surface area (Å²) in [6.45, 7) is 6.05. The third-order valence-electron chi connectivity index (χ3n) is 2.45. The maximum atomic E-state index is 11.5. The van der Waals surface area contributed by atoms with Crippen LogP contribution in [0.4, 0.5) is 0 Å². The topological polar surface area (TPSA) is 20.3 Å². The number of carbonyl (C=O) groups excluding carboxylic acids is 1. The molecular formula is C11H17NOS. The molecule has 0 aromatic carbocycles. The monoisotopic (exact) mass is 211 g/mol. The summed E-state index contributed by atoms with van der Waals surface area (Å²) < 4.78 is 0. The van der Waals surface area contributed by atoms with Gasteiger partial charge in [0, 0.05) is 23.2 Å². The number of amides is 1. The first kappa shape index (κ1) is 11.2. The third kappa shape index (κ3) is 2.35. The summed E-state index contributed by atoms with van der Waals surface area (Å²) in [6.07, 6.45) is 0.575. The Morgan fingerprint density at radius 3 is 2.64 bits per heavy atom. The van der Waals surface area contributed by atoms with E-state index < -0.39 is 0 Å². The fourth-order valence-corrected chi connectivity index (χ4v) is 2.31. The van der Waals surface area contributed by atoms with Gasteiger partial charge in [0.1, 0.15) is 0 Å². The molecule has 0 aliphatic carbocycles. The van der Waals surface area contributed by atoms with Crippen LogP contribution in [0.2, 0.25) is 0 Å². The second-order valence-electron chi connectivity index (χ2n) is 3.48. The first-order valence-corrected chi connectivity index (χ1v) is 5.70. The van der Waals surface area contributed by atoms with Gasteiger partial charge in [-0.05, 0) is 26.0 Å². The van der Waals surface area contributed by atoms with E-state index in [1.54, 1.807) is 11.3 Å². The predicted octanol–water partition coefficient (Wildman–Crippen LogP) is 2.99.